The summed E-state index contributed by atoms with van der Waals surface area (Å²) in [6.45, 7) is 3.34. The number of carbonyl (C=O) groups excluding carboxylic acids is 1. The summed E-state index contributed by atoms with van der Waals surface area (Å²) >= 11 is 0. The second-order valence-corrected chi connectivity index (χ2v) is 5.86. The molecule has 0 bridgehead atoms. The molecule has 1 heterocycles. The number of carbonyl (C=O) groups is 1. The number of morpholine rings is 1. The highest BCUT2D eigenvalue weighted by Crippen LogP contribution is 2.19. The van der Waals surface area contributed by atoms with Crippen molar-refractivity contribution < 1.29 is 13.9 Å². The lowest BCUT2D eigenvalue weighted by molar-refractivity contribution is -0.153. The van der Waals surface area contributed by atoms with E-state index in [1.165, 1.54) is 0 Å². The van der Waals surface area contributed by atoms with Crippen LogP contribution in [0.3, 0.4) is 0 Å². The molecule has 1 saturated heterocycles. The van der Waals surface area contributed by atoms with Crippen LogP contribution in [-0.4, -0.2) is 30.1 Å². The molecule has 3 nitrogen and oxygen atoms in total. The topological polar surface area (TPSA) is 29.5 Å². The molecule has 120 valence electrons. The molecule has 2 aromatic carbocycles. The minimum absolute atomic E-state index is 0.0685. The number of halogens is 1. The molecule has 0 aromatic heterocycles. The van der Waals surface area contributed by atoms with Crippen LogP contribution in [0.1, 0.15) is 16.7 Å². The number of nitrogens with zero attached hydrogens (tertiary/aromatic N) is 1. The molecule has 1 aliphatic rings. The molecule has 1 fully saturated rings. The van der Waals surface area contributed by atoms with Gasteiger partial charge in [0, 0.05) is 19.5 Å². The standard InChI is InChI=1S/C19H20FNO2/c1-14-6-5-9-16(18(14)20)12-17-19(22)21(10-11-23-17)13-15-7-3-2-4-8-15/h2-9,17H,10-13H2,1H3. The van der Waals surface area contributed by atoms with Gasteiger partial charge < -0.3 is 9.64 Å². The molecule has 1 amide bonds. The van der Waals surface area contributed by atoms with Crippen LogP contribution >= 0.6 is 0 Å². The molecule has 0 radical (unpaired) electrons. The minimum atomic E-state index is -0.608. The van der Waals surface area contributed by atoms with Crippen molar-refractivity contribution in [1.29, 1.82) is 0 Å². The maximum absolute atomic E-state index is 14.1. The van der Waals surface area contributed by atoms with Crippen molar-refractivity contribution in [3.8, 4) is 0 Å². The Labute approximate surface area is 135 Å². The summed E-state index contributed by atoms with van der Waals surface area (Å²) in [6.07, 6.45) is -0.332. The van der Waals surface area contributed by atoms with Crippen LogP contribution in [0.25, 0.3) is 0 Å². The normalized spacial score (nSPS) is 18.3. The van der Waals surface area contributed by atoms with Gasteiger partial charge in [0.2, 0.25) is 0 Å². The zero-order chi connectivity index (χ0) is 16.2. The fourth-order valence-electron chi connectivity index (χ4n) is 2.86. The van der Waals surface area contributed by atoms with Crippen molar-refractivity contribution in [2.24, 2.45) is 0 Å². The third kappa shape index (κ3) is 3.59. The van der Waals surface area contributed by atoms with E-state index in [2.05, 4.69) is 0 Å². The second-order valence-electron chi connectivity index (χ2n) is 5.86. The first-order chi connectivity index (χ1) is 11.1. The Balaban J connectivity index is 1.71. The third-order valence-electron chi connectivity index (χ3n) is 4.16. The van der Waals surface area contributed by atoms with Gasteiger partial charge >= 0.3 is 0 Å². The smallest absolute Gasteiger partial charge is 0.252 e. The number of hydrogen-bond acceptors (Lipinski definition) is 2. The van der Waals surface area contributed by atoms with Gasteiger partial charge in [-0.3, -0.25) is 4.79 Å². The number of rotatable bonds is 4. The van der Waals surface area contributed by atoms with Crippen molar-refractivity contribution in [3.05, 3.63) is 71.0 Å². The van der Waals surface area contributed by atoms with E-state index in [0.29, 0.717) is 30.8 Å². The molecule has 1 unspecified atom stereocenters. The SMILES string of the molecule is Cc1cccc(CC2OCCN(Cc3ccccc3)C2=O)c1F. The second kappa shape index (κ2) is 6.92. The summed E-state index contributed by atoms with van der Waals surface area (Å²) in [7, 11) is 0. The van der Waals surface area contributed by atoms with Gasteiger partial charge in [0.25, 0.3) is 5.91 Å². The molecule has 0 aliphatic carbocycles. The van der Waals surface area contributed by atoms with Gasteiger partial charge in [0.05, 0.1) is 6.61 Å². The van der Waals surface area contributed by atoms with E-state index in [4.69, 9.17) is 4.74 Å². The lowest BCUT2D eigenvalue weighted by Gasteiger charge is -2.32. The lowest BCUT2D eigenvalue weighted by atomic mass is 10.0. The lowest BCUT2D eigenvalue weighted by Crippen LogP contribution is -2.48. The summed E-state index contributed by atoms with van der Waals surface area (Å²) in [6, 6.07) is 15.1. The van der Waals surface area contributed by atoms with Crippen molar-refractivity contribution in [2.45, 2.75) is 26.0 Å². The largest absolute Gasteiger partial charge is 0.366 e. The summed E-state index contributed by atoms with van der Waals surface area (Å²) < 4.78 is 19.7. The van der Waals surface area contributed by atoms with Crippen LogP contribution in [0, 0.1) is 12.7 Å². The first-order valence-electron chi connectivity index (χ1n) is 7.83. The summed E-state index contributed by atoms with van der Waals surface area (Å²) in [5, 5.41) is 0. The number of hydrogen-bond donors (Lipinski definition) is 0. The third-order valence-corrected chi connectivity index (χ3v) is 4.16. The Morgan fingerprint density at radius 3 is 2.74 bits per heavy atom. The maximum Gasteiger partial charge on any atom is 0.252 e. The van der Waals surface area contributed by atoms with E-state index >= 15 is 0 Å². The molecule has 1 atom stereocenters. The van der Waals surface area contributed by atoms with Crippen LogP contribution in [-0.2, 0) is 22.5 Å². The first kappa shape index (κ1) is 15.7. The molecule has 0 spiro atoms. The van der Waals surface area contributed by atoms with Gasteiger partial charge in [0.1, 0.15) is 11.9 Å². The van der Waals surface area contributed by atoms with Crippen molar-refractivity contribution in [3.63, 3.8) is 0 Å². The van der Waals surface area contributed by atoms with Crippen LogP contribution in [0.5, 0.6) is 0 Å². The zero-order valence-corrected chi connectivity index (χ0v) is 13.2. The quantitative estimate of drug-likeness (QED) is 0.868. The molecule has 3 rings (SSSR count). The summed E-state index contributed by atoms with van der Waals surface area (Å²) in [4.78, 5) is 14.4. The highest BCUT2D eigenvalue weighted by molar-refractivity contribution is 5.81. The fourth-order valence-corrected chi connectivity index (χ4v) is 2.86. The predicted molar refractivity (Wildman–Crippen MR) is 86.4 cm³/mol. The molecule has 0 saturated carbocycles. The van der Waals surface area contributed by atoms with Crippen molar-refractivity contribution >= 4 is 5.91 Å². The van der Waals surface area contributed by atoms with Gasteiger partial charge in [-0.1, -0.05) is 48.5 Å². The molecule has 23 heavy (non-hydrogen) atoms. The summed E-state index contributed by atoms with van der Waals surface area (Å²) in [5.74, 6) is -0.315. The van der Waals surface area contributed by atoms with Crippen LogP contribution in [0.15, 0.2) is 48.5 Å². The molecule has 2 aromatic rings. The highest BCUT2D eigenvalue weighted by atomic mass is 19.1. The average Bonchev–Trinajstić information content (AvgIpc) is 2.56. The molecule has 4 heteroatoms. The summed E-state index contributed by atoms with van der Waals surface area (Å²) in [5.41, 5.74) is 2.21. The van der Waals surface area contributed by atoms with Gasteiger partial charge in [-0.15, -0.1) is 0 Å². The minimum Gasteiger partial charge on any atom is -0.366 e. The van der Waals surface area contributed by atoms with E-state index in [-0.39, 0.29) is 18.1 Å². The van der Waals surface area contributed by atoms with Crippen molar-refractivity contribution in [2.75, 3.05) is 13.2 Å². The number of ether oxygens (including phenoxy) is 1. The molecular formula is C19H20FNO2. The van der Waals surface area contributed by atoms with Crippen LogP contribution in [0.4, 0.5) is 4.39 Å². The Hall–Kier alpha value is -2.20. The molecule has 1 aliphatic heterocycles. The van der Waals surface area contributed by atoms with Gasteiger partial charge in [-0.25, -0.2) is 4.39 Å². The Bertz CT molecular complexity index is 687. The monoisotopic (exact) mass is 313 g/mol. The van der Waals surface area contributed by atoms with E-state index < -0.39 is 6.10 Å². The first-order valence-corrected chi connectivity index (χ1v) is 7.83. The number of benzene rings is 2. The Morgan fingerprint density at radius 1 is 1.17 bits per heavy atom. The maximum atomic E-state index is 14.1. The molecular weight excluding hydrogens is 293 g/mol. The van der Waals surface area contributed by atoms with E-state index in [9.17, 15) is 9.18 Å². The van der Waals surface area contributed by atoms with Gasteiger partial charge in [0.15, 0.2) is 0 Å². The van der Waals surface area contributed by atoms with Gasteiger partial charge in [-0.05, 0) is 23.6 Å². The van der Waals surface area contributed by atoms with E-state index in [1.54, 1.807) is 24.0 Å². The van der Waals surface area contributed by atoms with E-state index in [1.807, 2.05) is 36.4 Å². The fraction of sp³-hybridized carbons (Fsp3) is 0.316. The number of aryl methyl sites for hydroxylation is 1. The van der Waals surface area contributed by atoms with Crippen LogP contribution < -0.4 is 0 Å². The zero-order valence-electron chi connectivity index (χ0n) is 13.2. The van der Waals surface area contributed by atoms with Crippen LogP contribution in [0.2, 0.25) is 0 Å². The highest BCUT2D eigenvalue weighted by Gasteiger charge is 2.30. The average molecular weight is 313 g/mol. The van der Waals surface area contributed by atoms with Gasteiger partial charge in [-0.2, -0.15) is 0 Å². The Kier molecular flexibility index (Phi) is 4.72. The van der Waals surface area contributed by atoms with Crippen molar-refractivity contribution in [1.82, 2.24) is 4.90 Å². The predicted octanol–water partition coefficient (Wildman–Crippen LogP) is 3.10. The molecule has 0 N–H and O–H groups in total. The Morgan fingerprint density at radius 2 is 1.96 bits per heavy atom. The van der Waals surface area contributed by atoms with E-state index in [0.717, 1.165) is 5.56 Å². The number of amides is 1.